The van der Waals surface area contributed by atoms with Crippen LogP contribution in [0.25, 0.3) is 0 Å². The van der Waals surface area contributed by atoms with Crippen molar-refractivity contribution in [1.82, 2.24) is 5.32 Å². The molecule has 0 amide bonds. The zero-order valence-electron chi connectivity index (χ0n) is 10.4. The molecule has 0 radical (unpaired) electrons. The molecule has 0 aromatic heterocycles. The third-order valence-electron chi connectivity index (χ3n) is 2.60. The van der Waals surface area contributed by atoms with E-state index in [2.05, 4.69) is 11.4 Å². The minimum atomic E-state index is 0.280. The molecular formula is C13H20ClNO2. The zero-order valence-corrected chi connectivity index (χ0v) is 11.2. The summed E-state index contributed by atoms with van der Waals surface area (Å²) in [6.45, 7) is 1.43. The molecule has 0 bridgehead atoms. The summed E-state index contributed by atoms with van der Waals surface area (Å²) in [5.41, 5.74) is 1.14. The Labute approximate surface area is 108 Å². The maximum absolute atomic E-state index is 5.75. The maximum atomic E-state index is 5.75. The first kappa shape index (κ1) is 14.3. The van der Waals surface area contributed by atoms with Gasteiger partial charge in [-0.15, -0.1) is 11.6 Å². The van der Waals surface area contributed by atoms with Crippen molar-refractivity contribution in [2.24, 2.45) is 0 Å². The van der Waals surface area contributed by atoms with Gasteiger partial charge < -0.3 is 14.8 Å². The Morgan fingerprint density at radius 3 is 2.71 bits per heavy atom. The number of ether oxygens (including phenoxy) is 2. The second kappa shape index (κ2) is 8.34. The summed E-state index contributed by atoms with van der Waals surface area (Å²) < 4.78 is 10.4. The Morgan fingerprint density at radius 2 is 2.06 bits per heavy atom. The monoisotopic (exact) mass is 257 g/mol. The van der Waals surface area contributed by atoms with Crippen molar-refractivity contribution in [1.29, 1.82) is 0 Å². The van der Waals surface area contributed by atoms with Crippen molar-refractivity contribution in [2.45, 2.75) is 19.0 Å². The lowest BCUT2D eigenvalue weighted by Crippen LogP contribution is -2.33. The Kier molecular flexibility index (Phi) is 7.01. The number of benzene rings is 1. The Morgan fingerprint density at radius 1 is 1.29 bits per heavy atom. The average molecular weight is 258 g/mol. The first-order chi connectivity index (χ1) is 8.31. The smallest absolute Gasteiger partial charge is 0.123 e. The molecule has 0 aliphatic rings. The molecule has 1 N–H and O–H groups in total. The van der Waals surface area contributed by atoms with Crippen LogP contribution in [0.4, 0.5) is 0 Å². The van der Waals surface area contributed by atoms with Crippen molar-refractivity contribution in [3.63, 3.8) is 0 Å². The van der Waals surface area contributed by atoms with Crippen molar-refractivity contribution >= 4 is 11.6 Å². The Hall–Kier alpha value is -0.770. The average Bonchev–Trinajstić information content (AvgIpc) is 2.37. The molecule has 96 valence electrons. The van der Waals surface area contributed by atoms with Crippen LogP contribution in [0.3, 0.4) is 0 Å². The van der Waals surface area contributed by atoms with Crippen molar-refractivity contribution in [3.8, 4) is 5.75 Å². The van der Waals surface area contributed by atoms with Gasteiger partial charge >= 0.3 is 0 Å². The third-order valence-corrected chi connectivity index (χ3v) is 2.82. The molecule has 1 aromatic rings. The van der Waals surface area contributed by atoms with Crippen LogP contribution in [-0.4, -0.2) is 32.7 Å². The van der Waals surface area contributed by atoms with E-state index >= 15 is 0 Å². The maximum Gasteiger partial charge on any atom is 0.123 e. The molecule has 0 fully saturated rings. The highest BCUT2D eigenvalue weighted by Gasteiger charge is 2.08. The second-order valence-corrected chi connectivity index (χ2v) is 4.20. The Balaban J connectivity index is 2.52. The lowest BCUT2D eigenvalue weighted by atomic mass is 10.1. The first-order valence-electron chi connectivity index (χ1n) is 5.72. The number of hydrogen-bond acceptors (Lipinski definition) is 3. The van der Waals surface area contributed by atoms with Gasteiger partial charge in [0.1, 0.15) is 5.75 Å². The van der Waals surface area contributed by atoms with E-state index in [1.54, 1.807) is 14.2 Å². The summed E-state index contributed by atoms with van der Waals surface area (Å²) in [6, 6.07) is 8.27. The zero-order chi connectivity index (χ0) is 12.5. The summed E-state index contributed by atoms with van der Waals surface area (Å²) >= 11 is 5.75. The quantitative estimate of drug-likeness (QED) is 0.726. The van der Waals surface area contributed by atoms with Gasteiger partial charge in [-0.2, -0.15) is 0 Å². The van der Waals surface area contributed by atoms with Crippen LogP contribution in [0.1, 0.15) is 12.0 Å². The minimum Gasteiger partial charge on any atom is -0.496 e. The van der Waals surface area contributed by atoms with Crippen LogP contribution in [0.15, 0.2) is 24.3 Å². The van der Waals surface area contributed by atoms with Crippen LogP contribution in [0.5, 0.6) is 5.75 Å². The standard InChI is InChI=1S/C13H20ClNO2/c1-16-10-12(7-8-14)15-9-11-5-3-4-6-13(11)17-2/h3-6,12,15H,7-10H2,1-2H3. The van der Waals surface area contributed by atoms with E-state index in [4.69, 9.17) is 21.1 Å². The van der Waals surface area contributed by atoms with Gasteiger partial charge in [0, 0.05) is 31.1 Å². The summed E-state index contributed by atoms with van der Waals surface area (Å²) in [4.78, 5) is 0. The van der Waals surface area contributed by atoms with Gasteiger partial charge in [0.15, 0.2) is 0 Å². The number of rotatable bonds is 8. The first-order valence-corrected chi connectivity index (χ1v) is 6.25. The Bertz CT molecular complexity index is 314. The molecule has 3 nitrogen and oxygen atoms in total. The highest BCUT2D eigenvalue weighted by Crippen LogP contribution is 2.17. The van der Waals surface area contributed by atoms with Gasteiger partial charge in [0.2, 0.25) is 0 Å². The predicted octanol–water partition coefficient (Wildman–Crippen LogP) is 2.43. The molecule has 0 aliphatic heterocycles. The second-order valence-electron chi connectivity index (χ2n) is 3.82. The van der Waals surface area contributed by atoms with Crippen LogP contribution in [-0.2, 0) is 11.3 Å². The highest BCUT2D eigenvalue weighted by molar-refractivity contribution is 6.17. The van der Waals surface area contributed by atoms with Crippen LogP contribution < -0.4 is 10.1 Å². The SMILES string of the molecule is COCC(CCCl)NCc1ccccc1OC. The van der Waals surface area contributed by atoms with Gasteiger partial charge in [-0.1, -0.05) is 18.2 Å². The molecule has 1 atom stereocenters. The summed E-state index contributed by atoms with van der Waals surface area (Å²) in [5, 5.41) is 3.42. The summed E-state index contributed by atoms with van der Waals surface area (Å²) in [6.07, 6.45) is 0.893. The van der Waals surface area contributed by atoms with E-state index in [1.807, 2.05) is 18.2 Å². The predicted molar refractivity (Wildman–Crippen MR) is 70.8 cm³/mol. The van der Waals surface area contributed by atoms with Crippen molar-refractivity contribution < 1.29 is 9.47 Å². The third kappa shape index (κ3) is 4.94. The number of nitrogens with one attached hydrogen (secondary N) is 1. The molecule has 1 rings (SSSR count). The van der Waals surface area contributed by atoms with Crippen molar-refractivity contribution in [2.75, 3.05) is 26.7 Å². The largest absolute Gasteiger partial charge is 0.496 e. The lowest BCUT2D eigenvalue weighted by Gasteiger charge is -2.17. The van der Waals surface area contributed by atoms with Gasteiger partial charge in [-0.25, -0.2) is 0 Å². The normalized spacial score (nSPS) is 12.4. The number of methoxy groups -OCH3 is 2. The molecule has 4 heteroatoms. The van der Waals surface area contributed by atoms with E-state index in [0.29, 0.717) is 12.5 Å². The van der Waals surface area contributed by atoms with E-state index in [1.165, 1.54) is 0 Å². The summed E-state index contributed by atoms with van der Waals surface area (Å²) in [5.74, 6) is 1.54. The van der Waals surface area contributed by atoms with Gasteiger partial charge in [0.05, 0.1) is 13.7 Å². The van der Waals surface area contributed by atoms with E-state index in [9.17, 15) is 0 Å². The fourth-order valence-electron chi connectivity index (χ4n) is 1.68. The molecule has 17 heavy (non-hydrogen) atoms. The van der Waals surface area contributed by atoms with Gasteiger partial charge in [0.25, 0.3) is 0 Å². The highest BCUT2D eigenvalue weighted by atomic mass is 35.5. The van der Waals surface area contributed by atoms with E-state index < -0.39 is 0 Å². The molecule has 0 saturated heterocycles. The number of hydrogen-bond donors (Lipinski definition) is 1. The topological polar surface area (TPSA) is 30.5 Å². The molecular weight excluding hydrogens is 238 g/mol. The number of para-hydroxylation sites is 1. The van der Waals surface area contributed by atoms with E-state index in [-0.39, 0.29) is 6.04 Å². The van der Waals surface area contributed by atoms with E-state index in [0.717, 1.165) is 24.3 Å². The van der Waals surface area contributed by atoms with Crippen molar-refractivity contribution in [3.05, 3.63) is 29.8 Å². The minimum absolute atomic E-state index is 0.280. The molecule has 0 heterocycles. The van der Waals surface area contributed by atoms with Gasteiger partial charge in [-0.05, 0) is 12.5 Å². The number of halogens is 1. The van der Waals surface area contributed by atoms with Crippen LogP contribution >= 0.6 is 11.6 Å². The molecule has 0 spiro atoms. The number of alkyl halides is 1. The molecule has 0 saturated carbocycles. The summed E-state index contributed by atoms with van der Waals surface area (Å²) in [7, 11) is 3.39. The molecule has 0 aliphatic carbocycles. The molecule has 1 aromatic carbocycles. The van der Waals surface area contributed by atoms with Crippen LogP contribution in [0, 0.1) is 0 Å². The fourth-order valence-corrected chi connectivity index (χ4v) is 1.94. The van der Waals surface area contributed by atoms with Gasteiger partial charge in [-0.3, -0.25) is 0 Å². The lowest BCUT2D eigenvalue weighted by molar-refractivity contribution is 0.164. The van der Waals surface area contributed by atoms with Crippen LogP contribution in [0.2, 0.25) is 0 Å². The fraction of sp³-hybridized carbons (Fsp3) is 0.538. The molecule has 1 unspecified atom stereocenters.